The number of hydrogen-bond acceptors (Lipinski definition) is 3. The van der Waals surface area contributed by atoms with E-state index in [9.17, 15) is 9.13 Å². The Kier molecular flexibility index (Phi) is 6.40. The summed E-state index contributed by atoms with van der Waals surface area (Å²) in [5, 5.41) is -2.63. The molecule has 7 nitrogen and oxygen atoms in total. The minimum atomic E-state index is -5.01. The maximum atomic E-state index is 11.2. The molecule has 1 rings (SSSR count). The molecule has 0 radical (unpaired) electrons. The van der Waals surface area contributed by atoms with Crippen LogP contribution in [0.25, 0.3) is 0 Å². The summed E-state index contributed by atoms with van der Waals surface area (Å²) in [4.78, 5) is 36.2. The Morgan fingerprint density at radius 1 is 0.938 bits per heavy atom. The summed E-state index contributed by atoms with van der Waals surface area (Å²) in [6.45, 7) is -0.0454. The molecule has 1 aliphatic rings. The van der Waals surface area contributed by atoms with Crippen molar-refractivity contribution in [2.45, 2.75) is 30.8 Å². The molecule has 1 heterocycles. The van der Waals surface area contributed by atoms with E-state index >= 15 is 0 Å². The third kappa shape index (κ3) is 3.39. The Morgan fingerprint density at radius 3 is 1.88 bits per heavy atom. The molecule has 0 aliphatic carbocycles. The van der Waals surface area contributed by atoms with Gasteiger partial charge in [-0.25, -0.2) is 0 Å². The average Bonchev–Trinajstić information content (AvgIpc) is 2.25. The quantitative estimate of drug-likeness (QED) is 0.328. The zero-order valence-electron chi connectivity index (χ0n) is 8.94. The summed E-state index contributed by atoms with van der Waals surface area (Å²) in [5.74, 6) is 0. The molecule has 0 amide bonds. The molecular formula is C6H14NaO7P2+. The number of rotatable bonds is 2. The van der Waals surface area contributed by atoms with E-state index < -0.39 is 20.3 Å². The van der Waals surface area contributed by atoms with Crippen molar-refractivity contribution in [3.63, 3.8) is 0 Å². The monoisotopic (exact) mass is 283 g/mol. The van der Waals surface area contributed by atoms with E-state index in [-0.39, 0.29) is 42.6 Å². The van der Waals surface area contributed by atoms with Crippen molar-refractivity contribution in [3.05, 3.63) is 0 Å². The van der Waals surface area contributed by atoms with Crippen LogP contribution >= 0.6 is 15.2 Å². The second kappa shape index (κ2) is 5.93. The molecule has 90 valence electrons. The molecule has 0 aromatic carbocycles. The van der Waals surface area contributed by atoms with Gasteiger partial charge >= 0.3 is 44.7 Å². The maximum absolute atomic E-state index is 11.2. The van der Waals surface area contributed by atoms with Crippen LogP contribution in [0, 0.1) is 0 Å². The third-order valence-corrected chi connectivity index (χ3v) is 6.48. The molecule has 0 aromatic heterocycles. The SMILES string of the molecule is O=P(O)(O)C1(P(=O)(O)O)CCCCCO1.[Na+]. The first-order valence-electron chi connectivity index (χ1n) is 4.46. The van der Waals surface area contributed by atoms with Crippen LogP contribution in [0.4, 0.5) is 0 Å². The van der Waals surface area contributed by atoms with E-state index in [1.54, 1.807) is 0 Å². The molecule has 10 heteroatoms. The standard InChI is InChI=1S/C6H14O7P2.Na/c7-14(8,9)6(15(10,11)12)4-2-1-3-5-13-6;/h1-5H2,(H2,7,8,9)(H2,10,11,12);/q;+1. The van der Waals surface area contributed by atoms with E-state index in [1.807, 2.05) is 0 Å². The summed E-state index contributed by atoms with van der Waals surface area (Å²) in [5.41, 5.74) is 0. The van der Waals surface area contributed by atoms with Gasteiger partial charge in [0.15, 0.2) is 0 Å². The third-order valence-electron chi connectivity index (χ3n) is 2.39. The van der Waals surface area contributed by atoms with Gasteiger partial charge in [-0.1, -0.05) is 6.42 Å². The van der Waals surface area contributed by atoms with Crippen molar-refractivity contribution in [3.8, 4) is 0 Å². The topological polar surface area (TPSA) is 124 Å². The Bertz CT molecular complexity index is 289. The van der Waals surface area contributed by atoms with Gasteiger partial charge in [0.25, 0.3) is 5.08 Å². The predicted molar refractivity (Wildman–Crippen MR) is 51.2 cm³/mol. The smallest absolute Gasteiger partial charge is 0.352 e. The summed E-state index contributed by atoms with van der Waals surface area (Å²) in [7, 11) is -10.0. The van der Waals surface area contributed by atoms with E-state index in [1.165, 1.54) is 0 Å². The summed E-state index contributed by atoms with van der Waals surface area (Å²) >= 11 is 0. The first-order valence-corrected chi connectivity index (χ1v) is 7.68. The molecule has 0 aromatic rings. The summed E-state index contributed by atoms with van der Waals surface area (Å²) in [6, 6.07) is 0. The van der Waals surface area contributed by atoms with Gasteiger partial charge in [-0.15, -0.1) is 0 Å². The van der Waals surface area contributed by atoms with Crippen LogP contribution < -0.4 is 29.6 Å². The first-order chi connectivity index (χ1) is 6.71. The van der Waals surface area contributed by atoms with Crippen molar-refractivity contribution in [2.75, 3.05) is 6.61 Å². The zero-order chi connectivity index (χ0) is 11.7. The van der Waals surface area contributed by atoms with Crippen molar-refractivity contribution in [1.29, 1.82) is 0 Å². The maximum Gasteiger partial charge on any atom is 1.00 e. The summed E-state index contributed by atoms with van der Waals surface area (Å²) in [6.07, 6.45) is 1.20. The average molecular weight is 283 g/mol. The fraction of sp³-hybridized carbons (Fsp3) is 1.00. The Morgan fingerprint density at radius 2 is 1.44 bits per heavy atom. The van der Waals surface area contributed by atoms with Gasteiger partial charge in [0.2, 0.25) is 0 Å². The molecular weight excluding hydrogens is 269 g/mol. The Balaban J connectivity index is 0.00000225. The van der Waals surface area contributed by atoms with Crippen LogP contribution in [0.3, 0.4) is 0 Å². The van der Waals surface area contributed by atoms with Crippen LogP contribution in [0.1, 0.15) is 25.7 Å². The van der Waals surface area contributed by atoms with Gasteiger partial charge in [-0.05, 0) is 12.8 Å². The summed E-state index contributed by atoms with van der Waals surface area (Å²) < 4.78 is 27.2. The van der Waals surface area contributed by atoms with Gasteiger partial charge in [0, 0.05) is 13.0 Å². The minimum Gasteiger partial charge on any atom is -0.352 e. The zero-order valence-corrected chi connectivity index (χ0v) is 12.7. The van der Waals surface area contributed by atoms with Gasteiger partial charge in [-0.3, -0.25) is 9.13 Å². The fourth-order valence-corrected chi connectivity index (χ4v) is 4.35. The normalized spacial score (nSPS) is 22.0. The van der Waals surface area contributed by atoms with E-state index in [0.717, 1.165) is 0 Å². The molecule has 0 bridgehead atoms. The molecule has 1 saturated heterocycles. The molecule has 0 unspecified atom stereocenters. The van der Waals surface area contributed by atoms with Gasteiger partial charge in [-0.2, -0.15) is 0 Å². The van der Waals surface area contributed by atoms with Crippen molar-refractivity contribution in [2.24, 2.45) is 0 Å². The predicted octanol–water partition coefficient (Wildman–Crippen LogP) is -2.41. The van der Waals surface area contributed by atoms with Crippen molar-refractivity contribution < 1.29 is 63.0 Å². The first kappa shape index (κ1) is 17.3. The van der Waals surface area contributed by atoms with Gasteiger partial charge in [0.1, 0.15) is 0 Å². The van der Waals surface area contributed by atoms with Gasteiger partial charge < -0.3 is 24.3 Å². The Labute approximate surface area is 115 Å². The molecule has 1 aliphatic heterocycles. The van der Waals surface area contributed by atoms with Crippen LogP contribution in [0.15, 0.2) is 0 Å². The van der Waals surface area contributed by atoms with E-state index in [0.29, 0.717) is 19.3 Å². The van der Waals surface area contributed by atoms with Crippen LogP contribution in [-0.2, 0) is 13.9 Å². The van der Waals surface area contributed by atoms with Crippen molar-refractivity contribution in [1.82, 2.24) is 0 Å². The van der Waals surface area contributed by atoms with Crippen LogP contribution in [0.5, 0.6) is 0 Å². The van der Waals surface area contributed by atoms with E-state index in [2.05, 4.69) is 0 Å². The number of hydrogen-bond donors (Lipinski definition) is 4. The van der Waals surface area contributed by atoms with Crippen LogP contribution in [-0.4, -0.2) is 31.3 Å². The molecule has 0 saturated carbocycles. The second-order valence-corrected chi connectivity index (χ2v) is 7.46. The minimum absolute atomic E-state index is 0. The van der Waals surface area contributed by atoms with Gasteiger partial charge in [0.05, 0.1) is 0 Å². The second-order valence-electron chi connectivity index (χ2n) is 3.49. The fourth-order valence-electron chi connectivity index (χ4n) is 1.57. The molecule has 16 heavy (non-hydrogen) atoms. The Hall–Kier alpha value is 1.26. The molecule has 4 N–H and O–H groups in total. The van der Waals surface area contributed by atoms with Crippen molar-refractivity contribution >= 4 is 15.2 Å². The van der Waals surface area contributed by atoms with E-state index in [4.69, 9.17) is 24.3 Å². The largest absolute Gasteiger partial charge is 1.00 e. The molecule has 0 atom stereocenters. The molecule has 1 fully saturated rings. The molecule has 0 spiro atoms. The van der Waals surface area contributed by atoms with Crippen LogP contribution in [0.2, 0.25) is 0 Å². The number of ether oxygens (including phenoxy) is 1.